The maximum absolute atomic E-state index is 12.3. The van der Waals surface area contributed by atoms with Crippen LogP contribution in [0.3, 0.4) is 0 Å². The molecular formula is C15H21IN2O2. The van der Waals surface area contributed by atoms with Crippen molar-refractivity contribution in [3.05, 3.63) is 32.9 Å². The number of hydrogen-bond acceptors (Lipinski definition) is 3. The molecular weight excluding hydrogens is 367 g/mol. The van der Waals surface area contributed by atoms with Crippen molar-refractivity contribution >= 4 is 28.7 Å². The molecule has 1 aliphatic heterocycles. The fourth-order valence-corrected chi connectivity index (χ4v) is 2.98. The molecule has 1 heterocycles. The Morgan fingerprint density at radius 3 is 2.80 bits per heavy atom. The number of nitrogens with two attached hydrogens (primary N) is 1. The zero-order valence-corrected chi connectivity index (χ0v) is 14.3. The molecule has 1 amide bonds. The predicted octanol–water partition coefficient (Wildman–Crippen LogP) is 3.43. The van der Waals surface area contributed by atoms with Crippen molar-refractivity contribution in [2.24, 2.45) is 5.73 Å². The molecule has 2 rings (SSSR count). The van der Waals surface area contributed by atoms with Crippen LogP contribution in [0.1, 0.15) is 44.4 Å². The Hall–Kier alpha value is -0.820. The topological polar surface area (TPSA) is 55.6 Å². The van der Waals surface area contributed by atoms with Gasteiger partial charge in [0.05, 0.1) is 6.54 Å². The smallest absolute Gasteiger partial charge is 0.410 e. The Morgan fingerprint density at radius 1 is 1.45 bits per heavy atom. The predicted molar refractivity (Wildman–Crippen MR) is 87.3 cm³/mol. The van der Waals surface area contributed by atoms with E-state index in [1.165, 1.54) is 0 Å². The van der Waals surface area contributed by atoms with Crippen LogP contribution in [0.25, 0.3) is 0 Å². The second-order valence-electron chi connectivity index (χ2n) is 6.10. The lowest BCUT2D eigenvalue weighted by molar-refractivity contribution is 0.0234. The molecule has 0 aliphatic carbocycles. The number of nitrogens with zero attached hydrogens (tertiary/aromatic N) is 1. The lowest BCUT2D eigenvalue weighted by Crippen LogP contribution is -2.36. The molecule has 0 saturated heterocycles. The fourth-order valence-electron chi connectivity index (χ4n) is 2.29. The molecule has 0 unspecified atom stereocenters. The first kappa shape index (κ1) is 15.6. The molecule has 0 spiro atoms. The first-order chi connectivity index (χ1) is 9.28. The number of halogens is 1. The third-order valence-electron chi connectivity index (χ3n) is 3.27. The minimum atomic E-state index is -0.474. The average Bonchev–Trinajstić information content (AvgIpc) is 2.49. The van der Waals surface area contributed by atoms with Gasteiger partial charge in [-0.15, -0.1) is 0 Å². The molecule has 0 bridgehead atoms. The summed E-state index contributed by atoms with van der Waals surface area (Å²) in [5.41, 5.74) is 8.03. The van der Waals surface area contributed by atoms with E-state index >= 15 is 0 Å². The third kappa shape index (κ3) is 3.63. The van der Waals surface area contributed by atoms with Gasteiger partial charge in [0.25, 0.3) is 0 Å². The fraction of sp³-hybridized carbons (Fsp3) is 0.533. The van der Waals surface area contributed by atoms with Crippen LogP contribution in [0, 0.1) is 3.57 Å². The zero-order chi connectivity index (χ0) is 14.9. The number of amides is 1. The average molecular weight is 388 g/mol. The second kappa shape index (κ2) is 5.89. The Balaban J connectivity index is 2.24. The zero-order valence-electron chi connectivity index (χ0n) is 12.1. The molecule has 1 atom stereocenters. The molecule has 0 radical (unpaired) electrons. The van der Waals surface area contributed by atoms with Gasteiger partial charge in [-0.05, 0) is 67.0 Å². The monoisotopic (exact) mass is 388 g/mol. The van der Waals surface area contributed by atoms with Crippen molar-refractivity contribution in [3.8, 4) is 0 Å². The van der Waals surface area contributed by atoms with Gasteiger partial charge in [-0.2, -0.15) is 0 Å². The summed E-state index contributed by atoms with van der Waals surface area (Å²) in [6.07, 6.45) is 0.490. The van der Waals surface area contributed by atoms with Gasteiger partial charge < -0.3 is 15.4 Å². The van der Waals surface area contributed by atoms with E-state index in [-0.39, 0.29) is 12.1 Å². The minimum Gasteiger partial charge on any atom is -0.444 e. The number of carbonyl (C=O) groups excluding carboxylic acids is 1. The molecule has 2 N–H and O–H groups in total. The number of carbonyl (C=O) groups is 1. The van der Waals surface area contributed by atoms with Crippen LogP contribution in [-0.4, -0.2) is 23.1 Å². The summed E-state index contributed by atoms with van der Waals surface area (Å²) in [5.74, 6) is 0. The van der Waals surface area contributed by atoms with E-state index in [1.54, 1.807) is 4.90 Å². The van der Waals surface area contributed by atoms with E-state index in [0.29, 0.717) is 13.1 Å². The van der Waals surface area contributed by atoms with Crippen LogP contribution in [0.5, 0.6) is 0 Å². The normalized spacial score (nSPS) is 19.2. The van der Waals surface area contributed by atoms with E-state index < -0.39 is 5.60 Å². The van der Waals surface area contributed by atoms with E-state index in [0.717, 1.165) is 21.1 Å². The lowest BCUT2D eigenvalue weighted by Gasteiger charge is -2.26. The molecule has 1 aromatic rings. The van der Waals surface area contributed by atoms with E-state index in [2.05, 4.69) is 28.7 Å². The summed E-state index contributed by atoms with van der Waals surface area (Å²) < 4.78 is 6.61. The van der Waals surface area contributed by atoms with E-state index in [1.807, 2.05) is 32.9 Å². The van der Waals surface area contributed by atoms with Gasteiger partial charge in [-0.25, -0.2) is 4.79 Å². The first-order valence-electron chi connectivity index (χ1n) is 6.79. The maximum atomic E-state index is 12.3. The molecule has 0 aromatic heterocycles. The molecule has 4 nitrogen and oxygen atoms in total. The summed E-state index contributed by atoms with van der Waals surface area (Å²) in [5, 5.41) is 0. The van der Waals surface area contributed by atoms with Gasteiger partial charge in [-0.3, -0.25) is 0 Å². The quantitative estimate of drug-likeness (QED) is 0.693. The van der Waals surface area contributed by atoms with Gasteiger partial charge in [0.15, 0.2) is 0 Å². The number of hydrogen-bond donors (Lipinski definition) is 1. The van der Waals surface area contributed by atoms with Crippen LogP contribution < -0.4 is 5.73 Å². The highest BCUT2D eigenvalue weighted by Crippen LogP contribution is 2.29. The summed E-state index contributed by atoms with van der Waals surface area (Å²) in [6.45, 7) is 6.84. The summed E-state index contributed by atoms with van der Waals surface area (Å²) in [7, 11) is 0. The van der Waals surface area contributed by atoms with Gasteiger partial charge in [-0.1, -0.05) is 12.1 Å². The second-order valence-corrected chi connectivity index (χ2v) is 7.27. The summed E-state index contributed by atoms with van der Waals surface area (Å²) >= 11 is 2.30. The van der Waals surface area contributed by atoms with Gasteiger partial charge >= 0.3 is 6.09 Å². The Morgan fingerprint density at radius 2 is 2.15 bits per heavy atom. The molecule has 0 fully saturated rings. The Labute approximate surface area is 133 Å². The summed E-state index contributed by atoms with van der Waals surface area (Å²) in [6, 6.07) is 6.10. The van der Waals surface area contributed by atoms with Gasteiger partial charge in [0.1, 0.15) is 5.60 Å². The number of benzene rings is 1. The molecule has 110 valence electrons. The molecule has 5 heteroatoms. The highest BCUT2D eigenvalue weighted by atomic mass is 127. The number of rotatable bonds is 0. The minimum absolute atomic E-state index is 0.0212. The third-order valence-corrected chi connectivity index (χ3v) is 4.28. The lowest BCUT2D eigenvalue weighted by atomic mass is 10.0. The van der Waals surface area contributed by atoms with E-state index in [4.69, 9.17) is 10.5 Å². The van der Waals surface area contributed by atoms with Crippen LogP contribution in [0.4, 0.5) is 4.79 Å². The molecule has 20 heavy (non-hydrogen) atoms. The van der Waals surface area contributed by atoms with Crippen molar-refractivity contribution in [2.75, 3.05) is 6.54 Å². The van der Waals surface area contributed by atoms with Crippen molar-refractivity contribution < 1.29 is 9.53 Å². The molecule has 0 saturated carbocycles. The van der Waals surface area contributed by atoms with Gasteiger partial charge in [0, 0.05) is 16.2 Å². The summed E-state index contributed by atoms with van der Waals surface area (Å²) in [4.78, 5) is 14.0. The number of fused-ring (bicyclic) bond motifs is 1. The van der Waals surface area contributed by atoms with Crippen LogP contribution in [0.2, 0.25) is 0 Å². The molecule has 1 aliphatic rings. The first-order valence-corrected chi connectivity index (χ1v) is 7.86. The maximum Gasteiger partial charge on any atom is 0.410 e. The SMILES string of the molecule is CC(C)(C)OC(=O)N1CC[C@H](N)c2cccc(I)c2C1. The largest absolute Gasteiger partial charge is 0.444 e. The van der Waals surface area contributed by atoms with E-state index in [9.17, 15) is 4.79 Å². The van der Waals surface area contributed by atoms with Crippen LogP contribution in [-0.2, 0) is 11.3 Å². The highest BCUT2D eigenvalue weighted by Gasteiger charge is 2.27. The van der Waals surface area contributed by atoms with Crippen molar-refractivity contribution in [1.29, 1.82) is 0 Å². The Kier molecular flexibility index (Phi) is 4.59. The van der Waals surface area contributed by atoms with Gasteiger partial charge in [0.2, 0.25) is 0 Å². The van der Waals surface area contributed by atoms with Crippen LogP contribution >= 0.6 is 22.6 Å². The number of ether oxygens (including phenoxy) is 1. The van der Waals surface area contributed by atoms with Crippen molar-refractivity contribution in [2.45, 2.75) is 45.4 Å². The highest BCUT2D eigenvalue weighted by molar-refractivity contribution is 14.1. The standard InChI is InChI=1S/C15H21IN2O2/c1-15(2,3)20-14(19)18-8-7-13(17)10-5-4-6-12(16)11(10)9-18/h4-6,13H,7-9,17H2,1-3H3/t13-/m0/s1. The van der Waals surface area contributed by atoms with Crippen molar-refractivity contribution in [3.63, 3.8) is 0 Å². The van der Waals surface area contributed by atoms with Crippen LogP contribution in [0.15, 0.2) is 18.2 Å². The van der Waals surface area contributed by atoms with Crippen molar-refractivity contribution in [1.82, 2.24) is 4.90 Å². The molecule has 1 aromatic carbocycles. The Bertz CT molecular complexity index is 511.